The molecule has 0 fully saturated rings. The van der Waals surface area contributed by atoms with Gasteiger partial charge in [-0.15, -0.1) is 0 Å². The highest BCUT2D eigenvalue weighted by Crippen LogP contribution is 2.28. The molecular formula is C15H24N2O2. The average Bonchev–Trinajstić information content (AvgIpc) is 2.39. The van der Waals surface area contributed by atoms with E-state index in [-0.39, 0.29) is 5.91 Å². The Morgan fingerprint density at radius 3 is 2.53 bits per heavy atom. The highest BCUT2D eigenvalue weighted by atomic mass is 16.5. The van der Waals surface area contributed by atoms with Crippen molar-refractivity contribution < 1.29 is 9.53 Å². The first-order chi connectivity index (χ1) is 9.01. The average molecular weight is 264 g/mol. The van der Waals surface area contributed by atoms with E-state index in [4.69, 9.17) is 4.74 Å². The lowest BCUT2D eigenvalue weighted by molar-refractivity contribution is -0.121. The van der Waals surface area contributed by atoms with Gasteiger partial charge in [0.05, 0.1) is 7.11 Å². The summed E-state index contributed by atoms with van der Waals surface area (Å²) in [6.45, 7) is 7.41. The van der Waals surface area contributed by atoms with Gasteiger partial charge in [-0.25, -0.2) is 0 Å². The van der Waals surface area contributed by atoms with Gasteiger partial charge >= 0.3 is 0 Å². The van der Waals surface area contributed by atoms with Gasteiger partial charge in [0, 0.05) is 19.5 Å². The lowest BCUT2D eigenvalue weighted by atomic mass is 9.98. The number of ether oxygens (including phenoxy) is 1. The molecule has 0 atom stereocenters. The van der Waals surface area contributed by atoms with Crippen LogP contribution in [0.1, 0.15) is 28.7 Å². The van der Waals surface area contributed by atoms with Crippen LogP contribution in [-0.2, 0) is 11.3 Å². The molecule has 1 rings (SSSR count). The maximum Gasteiger partial charge on any atom is 0.221 e. The minimum absolute atomic E-state index is 0.0693. The molecule has 19 heavy (non-hydrogen) atoms. The Kier molecular flexibility index (Phi) is 5.83. The third-order valence-corrected chi connectivity index (χ3v) is 3.42. The summed E-state index contributed by atoms with van der Waals surface area (Å²) in [5, 5.41) is 5.91. The number of nitrogens with one attached hydrogen (secondary N) is 2. The predicted octanol–water partition coefficient (Wildman–Crippen LogP) is 1.85. The van der Waals surface area contributed by atoms with Crippen molar-refractivity contribution in [1.29, 1.82) is 0 Å². The van der Waals surface area contributed by atoms with Crippen molar-refractivity contribution in [3.63, 3.8) is 0 Å². The molecule has 4 heteroatoms. The maximum atomic E-state index is 11.6. The van der Waals surface area contributed by atoms with E-state index in [0.29, 0.717) is 19.5 Å². The van der Waals surface area contributed by atoms with Crippen molar-refractivity contribution in [3.8, 4) is 5.75 Å². The zero-order chi connectivity index (χ0) is 14.4. The van der Waals surface area contributed by atoms with Crippen LogP contribution in [0.5, 0.6) is 5.75 Å². The van der Waals surface area contributed by atoms with Gasteiger partial charge in [0.25, 0.3) is 0 Å². The second-order valence-corrected chi connectivity index (χ2v) is 4.77. The van der Waals surface area contributed by atoms with Gasteiger partial charge in [0.2, 0.25) is 5.91 Å². The summed E-state index contributed by atoms with van der Waals surface area (Å²) < 4.78 is 5.39. The van der Waals surface area contributed by atoms with Crippen LogP contribution in [0, 0.1) is 20.8 Å². The Balaban J connectivity index is 2.77. The maximum absolute atomic E-state index is 11.6. The topological polar surface area (TPSA) is 50.4 Å². The van der Waals surface area contributed by atoms with Crippen molar-refractivity contribution in [2.24, 2.45) is 0 Å². The van der Waals surface area contributed by atoms with Gasteiger partial charge in [-0.3, -0.25) is 4.79 Å². The number of carbonyl (C=O) groups excluding carboxylic acids is 1. The number of amides is 1. The zero-order valence-electron chi connectivity index (χ0n) is 12.5. The third kappa shape index (κ3) is 3.96. The molecule has 1 amide bonds. The molecular weight excluding hydrogens is 240 g/mol. The van der Waals surface area contributed by atoms with E-state index in [2.05, 4.69) is 23.6 Å². The SMILES string of the molecule is CNCCC(=O)NCc1cc(C)c(OC)c(C)c1C. The van der Waals surface area contributed by atoms with E-state index in [9.17, 15) is 4.79 Å². The van der Waals surface area contributed by atoms with Gasteiger partial charge in [0.1, 0.15) is 5.75 Å². The Bertz CT molecular complexity index is 456. The summed E-state index contributed by atoms with van der Waals surface area (Å²) in [6, 6.07) is 2.08. The Labute approximate surface area is 115 Å². The Morgan fingerprint density at radius 1 is 1.26 bits per heavy atom. The number of hydrogen-bond donors (Lipinski definition) is 2. The fourth-order valence-corrected chi connectivity index (χ4v) is 2.16. The van der Waals surface area contributed by atoms with Crippen LogP contribution in [0.4, 0.5) is 0 Å². The monoisotopic (exact) mass is 264 g/mol. The van der Waals surface area contributed by atoms with Crippen molar-refractivity contribution in [3.05, 3.63) is 28.3 Å². The molecule has 0 bridgehead atoms. The van der Waals surface area contributed by atoms with E-state index in [1.165, 1.54) is 5.56 Å². The van der Waals surface area contributed by atoms with Crippen LogP contribution in [0.2, 0.25) is 0 Å². The molecule has 1 aromatic rings. The van der Waals surface area contributed by atoms with Crippen LogP contribution in [0.25, 0.3) is 0 Å². The van der Waals surface area contributed by atoms with Crippen molar-refractivity contribution in [2.75, 3.05) is 20.7 Å². The summed E-state index contributed by atoms with van der Waals surface area (Å²) in [6.07, 6.45) is 0.504. The molecule has 2 N–H and O–H groups in total. The van der Waals surface area contributed by atoms with Crippen LogP contribution >= 0.6 is 0 Å². The van der Waals surface area contributed by atoms with Crippen molar-refractivity contribution in [1.82, 2.24) is 10.6 Å². The number of hydrogen-bond acceptors (Lipinski definition) is 3. The third-order valence-electron chi connectivity index (χ3n) is 3.42. The van der Waals surface area contributed by atoms with Crippen LogP contribution in [-0.4, -0.2) is 26.6 Å². The minimum Gasteiger partial charge on any atom is -0.496 e. The van der Waals surface area contributed by atoms with Crippen LogP contribution in [0.3, 0.4) is 0 Å². The first kappa shape index (κ1) is 15.5. The van der Waals surface area contributed by atoms with Crippen LogP contribution < -0.4 is 15.4 Å². The van der Waals surface area contributed by atoms with Gasteiger partial charge in [-0.05, 0) is 50.1 Å². The molecule has 0 aliphatic rings. The van der Waals surface area contributed by atoms with Gasteiger partial charge in [-0.1, -0.05) is 6.07 Å². The van der Waals surface area contributed by atoms with E-state index in [0.717, 1.165) is 22.4 Å². The molecule has 0 aliphatic carbocycles. The number of carbonyl (C=O) groups is 1. The molecule has 0 saturated heterocycles. The zero-order valence-corrected chi connectivity index (χ0v) is 12.5. The van der Waals surface area contributed by atoms with E-state index >= 15 is 0 Å². The quantitative estimate of drug-likeness (QED) is 0.824. The minimum atomic E-state index is 0.0693. The second kappa shape index (κ2) is 7.14. The fourth-order valence-electron chi connectivity index (χ4n) is 2.16. The summed E-state index contributed by atoms with van der Waals surface area (Å²) in [5.41, 5.74) is 4.57. The molecule has 0 saturated carbocycles. The molecule has 0 radical (unpaired) electrons. The first-order valence-corrected chi connectivity index (χ1v) is 6.56. The van der Waals surface area contributed by atoms with E-state index in [1.807, 2.05) is 20.9 Å². The normalized spacial score (nSPS) is 10.4. The predicted molar refractivity (Wildman–Crippen MR) is 77.6 cm³/mol. The molecule has 0 unspecified atom stereocenters. The molecule has 0 heterocycles. The summed E-state index contributed by atoms with van der Waals surface area (Å²) in [4.78, 5) is 11.6. The number of benzene rings is 1. The van der Waals surface area contributed by atoms with Gasteiger partial charge in [-0.2, -0.15) is 0 Å². The lowest BCUT2D eigenvalue weighted by Gasteiger charge is -2.16. The molecule has 0 aromatic heterocycles. The fraction of sp³-hybridized carbons (Fsp3) is 0.533. The highest BCUT2D eigenvalue weighted by Gasteiger charge is 2.11. The molecule has 106 valence electrons. The first-order valence-electron chi connectivity index (χ1n) is 6.56. The molecule has 0 spiro atoms. The smallest absolute Gasteiger partial charge is 0.221 e. The van der Waals surface area contributed by atoms with Crippen molar-refractivity contribution in [2.45, 2.75) is 33.7 Å². The number of methoxy groups -OCH3 is 1. The molecule has 0 aliphatic heterocycles. The molecule has 1 aromatic carbocycles. The summed E-state index contributed by atoms with van der Waals surface area (Å²) in [5.74, 6) is 1.00. The van der Waals surface area contributed by atoms with Gasteiger partial charge < -0.3 is 15.4 Å². The van der Waals surface area contributed by atoms with Crippen molar-refractivity contribution >= 4 is 5.91 Å². The van der Waals surface area contributed by atoms with E-state index in [1.54, 1.807) is 7.11 Å². The number of aryl methyl sites for hydroxylation is 1. The van der Waals surface area contributed by atoms with Gasteiger partial charge in [0.15, 0.2) is 0 Å². The Morgan fingerprint density at radius 2 is 1.95 bits per heavy atom. The van der Waals surface area contributed by atoms with Crippen LogP contribution in [0.15, 0.2) is 6.07 Å². The lowest BCUT2D eigenvalue weighted by Crippen LogP contribution is -2.26. The standard InChI is InChI=1S/C15H24N2O2/c1-10-8-13(9-17-14(18)6-7-16-4)11(2)12(3)15(10)19-5/h8,16H,6-7,9H2,1-5H3,(H,17,18). The summed E-state index contributed by atoms with van der Waals surface area (Å²) in [7, 11) is 3.53. The second-order valence-electron chi connectivity index (χ2n) is 4.77. The highest BCUT2D eigenvalue weighted by molar-refractivity contribution is 5.76. The summed E-state index contributed by atoms with van der Waals surface area (Å²) >= 11 is 0. The molecule has 4 nitrogen and oxygen atoms in total. The van der Waals surface area contributed by atoms with E-state index < -0.39 is 0 Å². The largest absolute Gasteiger partial charge is 0.496 e. The Hall–Kier alpha value is -1.55. The number of rotatable bonds is 6.